The first-order valence-corrected chi connectivity index (χ1v) is 8.05. The molecule has 1 aromatic rings. The van der Waals surface area contributed by atoms with Crippen molar-refractivity contribution in [2.45, 2.75) is 11.8 Å². The molecule has 2 atom stereocenters. The van der Waals surface area contributed by atoms with Crippen molar-refractivity contribution >= 4 is 22.7 Å². The van der Waals surface area contributed by atoms with Crippen LogP contribution in [0.4, 0.5) is 0 Å². The number of ether oxygens (including phenoxy) is 2. The van der Waals surface area contributed by atoms with Crippen molar-refractivity contribution in [3.63, 3.8) is 0 Å². The Morgan fingerprint density at radius 1 is 1.36 bits per heavy atom. The van der Waals surface area contributed by atoms with Crippen LogP contribution in [-0.2, 0) is 20.4 Å². The molecular formula is C14H17NO6S. The van der Waals surface area contributed by atoms with Gasteiger partial charge in [-0.05, 0) is 12.1 Å². The van der Waals surface area contributed by atoms with E-state index in [-0.39, 0.29) is 13.2 Å². The highest BCUT2D eigenvalue weighted by molar-refractivity contribution is 7.85. The van der Waals surface area contributed by atoms with Crippen molar-refractivity contribution < 1.29 is 28.4 Å². The number of nitrogens with zero attached hydrogens (tertiary/aromatic N) is 1. The molecule has 0 spiro atoms. The van der Waals surface area contributed by atoms with Crippen molar-refractivity contribution in [3.8, 4) is 11.5 Å². The van der Waals surface area contributed by atoms with Gasteiger partial charge in [-0.2, -0.15) is 0 Å². The fourth-order valence-corrected chi connectivity index (χ4v) is 3.57. The van der Waals surface area contributed by atoms with Crippen LogP contribution in [-0.4, -0.2) is 57.5 Å². The van der Waals surface area contributed by atoms with E-state index in [0.29, 0.717) is 17.3 Å². The van der Waals surface area contributed by atoms with Gasteiger partial charge in [0.2, 0.25) is 5.91 Å². The number of carboxylic acid groups (broad SMARTS) is 1. The van der Waals surface area contributed by atoms with Gasteiger partial charge in [0.05, 0.1) is 7.11 Å². The average Bonchev–Trinajstić information content (AvgIpc) is 2.86. The van der Waals surface area contributed by atoms with Crippen molar-refractivity contribution in [2.75, 3.05) is 26.0 Å². The number of rotatable bonds is 6. The molecule has 1 N–H and O–H groups in total. The van der Waals surface area contributed by atoms with Gasteiger partial charge in [0, 0.05) is 23.1 Å². The lowest BCUT2D eigenvalue weighted by Gasteiger charge is -2.23. The Bertz CT molecular complexity index is 590. The molecule has 1 amide bonds. The smallest absolute Gasteiger partial charge is 0.312 e. The second-order valence-corrected chi connectivity index (χ2v) is 6.37. The number of methoxy groups -OCH3 is 1. The summed E-state index contributed by atoms with van der Waals surface area (Å²) in [6.07, 6.45) is -0.609. The normalized spacial score (nSPS) is 20.7. The van der Waals surface area contributed by atoms with E-state index in [4.69, 9.17) is 14.6 Å². The molecule has 0 aliphatic carbocycles. The number of carbonyl (C=O) groups is 2. The molecule has 1 aliphatic heterocycles. The molecule has 0 aromatic heterocycles. The lowest BCUT2D eigenvalue weighted by atomic mass is 10.3. The van der Waals surface area contributed by atoms with Gasteiger partial charge >= 0.3 is 5.97 Å². The summed E-state index contributed by atoms with van der Waals surface area (Å²) >= 11 is 0. The molecule has 8 heteroatoms. The molecule has 7 nitrogen and oxygen atoms in total. The first kappa shape index (κ1) is 16.3. The maximum absolute atomic E-state index is 12.0. The van der Waals surface area contributed by atoms with Crippen LogP contribution < -0.4 is 9.47 Å². The minimum atomic E-state index is -1.26. The third kappa shape index (κ3) is 3.76. The quantitative estimate of drug-likeness (QED) is 0.763. The van der Waals surface area contributed by atoms with Gasteiger partial charge in [0.15, 0.2) is 11.5 Å². The Morgan fingerprint density at radius 3 is 2.68 bits per heavy atom. The van der Waals surface area contributed by atoms with E-state index in [0.717, 1.165) is 0 Å². The third-order valence-electron chi connectivity index (χ3n) is 3.26. The van der Waals surface area contributed by atoms with Crippen LogP contribution in [0.2, 0.25) is 0 Å². The Morgan fingerprint density at radius 2 is 2.05 bits per heavy atom. The number of benzene rings is 1. The minimum Gasteiger partial charge on any atom is -0.493 e. The van der Waals surface area contributed by atoms with Crippen LogP contribution in [0.5, 0.6) is 11.5 Å². The van der Waals surface area contributed by atoms with Gasteiger partial charge < -0.3 is 19.5 Å². The Hall–Kier alpha value is -2.09. The molecule has 0 radical (unpaired) electrons. The lowest BCUT2D eigenvalue weighted by Crippen LogP contribution is -2.41. The zero-order valence-electron chi connectivity index (χ0n) is 12.1. The standard InChI is InChI=1S/C14H17NO6S/c1-20-10-4-2-3-5-11(10)21-9-13-15(6-7-22(13)19)12(16)8-14(17)18/h2-5,13H,6-9H2,1H3,(H,17,18)/t13-,22?/m1/s1. The SMILES string of the molecule is COc1ccccc1OC[C@@H]1N(C(=O)CC(=O)O)CCS1=O. The van der Waals surface area contributed by atoms with Crippen LogP contribution in [0.15, 0.2) is 24.3 Å². The zero-order chi connectivity index (χ0) is 16.1. The van der Waals surface area contributed by atoms with Gasteiger partial charge in [-0.3, -0.25) is 13.8 Å². The highest BCUT2D eigenvalue weighted by atomic mass is 32.2. The molecule has 2 rings (SSSR count). The van der Waals surface area contributed by atoms with Crippen molar-refractivity contribution in [1.82, 2.24) is 4.90 Å². The van der Waals surface area contributed by atoms with Crippen molar-refractivity contribution in [2.24, 2.45) is 0 Å². The summed E-state index contributed by atoms with van der Waals surface area (Å²) < 4.78 is 22.8. The predicted octanol–water partition coefficient (Wildman–Crippen LogP) is 0.466. The van der Waals surface area contributed by atoms with Crippen LogP contribution in [0.3, 0.4) is 0 Å². The highest BCUT2D eigenvalue weighted by Gasteiger charge is 2.36. The summed E-state index contributed by atoms with van der Waals surface area (Å²) in [5.41, 5.74) is 0. The second-order valence-electron chi connectivity index (χ2n) is 4.66. The topological polar surface area (TPSA) is 93.1 Å². The van der Waals surface area contributed by atoms with Gasteiger partial charge in [-0.15, -0.1) is 0 Å². The van der Waals surface area contributed by atoms with Gasteiger partial charge in [0.1, 0.15) is 18.4 Å². The second kappa shape index (κ2) is 7.26. The van der Waals surface area contributed by atoms with Crippen molar-refractivity contribution in [3.05, 3.63) is 24.3 Å². The fraction of sp³-hybridized carbons (Fsp3) is 0.429. The molecule has 22 heavy (non-hydrogen) atoms. The summed E-state index contributed by atoms with van der Waals surface area (Å²) in [5, 5.41) is 8.06. The maximum atomic E-state index is 12.0. The Labute approximate surface area is 130 Å². The van der Waals surface area contributed by atoms with E-state index >= 15 is 0 Å². The average molecular weight is 327 g/mol. The number of hydrogen-bond donors (Lipinski definition) is 1. The number of amides is 1. The van der Waals surface area contributed by atoms with Crippen LogP contribution in [0.1, 0.15) is 6.42 Å². The highest BCUT2D eigenvalue weighted by Crippen LogP contribution is 2.27. The molecule has 1 aromatic carbocycles. The molecule has 1 saturated heterocycles. The maximum Gasteiger partial charge on any atom is 0.312 e. The third-order valence-corrected chi connectivity index (χ3v) is 4.84. The summed E-state index contributed by atoms with van der Waals surface area (Å²) in [4.78, 5) is 23.8. The number of carbonyl (C=O) groups excluding carboxylic acids is 1. The molecular weight excluding hydrogens is 310 g/mol. The van der Waals surface area contributed by atoms with Crippen molar-refractivity contribution in [1.29, 1.82) is 0 Å². The van der Waals surface area contributed by atoms with Crippen LogP contribution in [0.25, 0.3) is 0 Å². The van der Waals surface area contributed by atoms with E-state index in [9.17, 15) is 13.8 Å². The first-order valence-electron chi connectivity index (χ1n) is 6.67. The summed E-state index contributed by atoms with van der Waals surface area (Å²) in [7, 11) is 0.251. The summed E-state index contributed by atoms with van der Waals surface area (Å²) in [6, 6.07) is 7.01. The number of aliphatic carboxylic acids is 1. The zero-order valence-corrected chi connectivity index (χ0v) is 12.9. The fourth-order valence-electron chi connectivity index (χ4n) is 2.19. The van der Waals surface area contributed by atoms with E-state index in [1.54, 1.807) is 24.3 Å². The van der Waals surface area contributed by atoms with E-state index in [2.05, 4.69) is 0 Å². The first-order chi connectivity index (χ1) is 10.5. The number of para-hydroxylation sites is 2. The monoisotopic (exact) mass is 327 g/mol. The molecule has 1 fully saturated rings. The number of carboxylic acids is 1. The van der Waals surface area contributed by atoms with Gasteiger partial charge in [-0.25, -0.2) is 0 Å². The predicted molar refractivity (Wildman–Crippen MR) is 79.3 cm³/mol. The Balaban J connectivity index is 2.04. The largest absolute Gasteiger partial charge is 0.493 e. The minimum absolute atomic E-state index is 0.0261. The van der Waals surface area contributed by atoms with Gasteiger partial charge in [-0.1, -0.05) is 12.1 Å². The summed E-state index contributed by atoms with van der Waals surface area (Å²) in [5.74, 6) is -0.404. The molecule has 120 valence electrons. The molecule has 0 saturated carbocycles. The number of hydrogen-bond acceptors (Lipinski definition) is 5. The van der Waals surface area contributed by atoms with Gasteiger partial charge in [0.25, 0.3) is 0 Å². The Kier molecular flexibility index (Phi) is 5.37. The lowest BCUT2D eigenvalue weighted by molar-refractivity contribution is -0.144. The molecule has 1 unspecified atom stereocenters. The molecule has 0 bridgehead atoms. The molecule has 1 aliphatic rings. The van der Waals surface area contributed by atoms with Crippen LogP contribution in [0, 0.1) is 0 Å². The van der Waals surface area contributed by atoms with E-state index in [1.807, 2.05) is 0 Å². The summed E-state index contributed by atoms with van der Waals surface area (Å²) in [6.45, 7) is 0.303. The molecule has 1 heterocycles. The van der Waals surface area contributed by atoms with E-state index < -0.39 is 34.5 Å². The van der Waals surface area contributed by atoms with Crippen LogP contribution >= 0.6 is 0 Å². The van der Waals surface area contributed by atoms with E-state index in [1.165, 1.54) is 12.0 Å².